The normalized spacial score (nSPS) is 14.1. The fraction of sp³-hybridized carbons (Fsp3) is 0.316. The van der Waals surface area contributed by atoms with Gasteiger partial charge in [0.05, 0.1) is 17.7 Å². The van der Waals surface area contributed by atoms with Gasteiger partial charge in [0.15, 0.2) is 0 Å². The van der Waals surface area contributed by atoms with E-state index in [1.165, 1.54) is 24.1 Å². The van der Waals surface area contributed by atoms with Crippen LogP contribution in [0.1, 0.15) is 48.8 Å². The number of amides is 2. The molecule has 0 radical (unpaired) electrons. The minimum Gasteiger partial charge on any atom is -0.495 e. The van der Waals surface area contributed by atoms with Crippen LogP contribution in [0.15, 0.2) is 112 Å². The van der Waals surface area contributed by atoms with Gasteiger partial charge in [-0.15, -0.1) is 0 Å². The number of ether oxygens (including phenoxy) is 1. The van der Waals surface area contributed by atoms with Crippen molar-refractivity contribution in [1.29, 1.82) is 0 Å². The third-order valence-electron chi connectivity index (χ3n) is 8.71. The van der Waals surface area contributed by atoms with Crippen molar-refractivity contribution in [1.82, 2.24) is 10.2 Å². The quantitative estimate of drug-likeness (QED) is 0.159. The van der Waals surface area contributed by atoms with Crippen LogP contribution in [0, 0.1) is 6.92 Å². The SMILES string of the molecule is COc1ccccc1N(CC(=O)N(Cc1cccc(Br)c1)[C@H](Cc1ccccc1)C(=O)NC1CCCCC1)S(=O)(=O)c1ccc(C)cc1. The molecule has 0 saturated heterocycles. The molecule has 1 atom stereocenters. The van der Waals surface area contributed by atoms with Crippen molar-refractivity contribution >= 4 is 43.5 Å². The summed E-state index contributed by atoms with van der Waals surface area (Å²) in [4.78, 5) is 30.6. The van der Waals surface area contributed by atoms with Crippen LogP contribution in [-0.2, 0) is 32.6 Å². The van der Waals surface area contributed by atoms with E-state index in [1.54, 1.807) is 36.4 Å². The lowest BCUT2D eigenvalue weighted by atomic mass is 9.94. The van der Waals surface area contributed by atoms with E-state index in [1.807, 2.05) is 61.5 Å². The van der Waals surface area contributed by atoms with Crippen molar-refractivity contribution in [3.05, 3.63) is 124 Å². The Morgan fingerprint density at radius 2 is 1.54 bits per heavy atom. The van der Waals surface area contributed by atoms with Crippen LogP contribution < -0.4 is 14.4 Å². The molecule has 2 amide bonds. The summed E-state index contributed by atoms with van der Waals surface area (Å²) >= 11 is 3.53. The number of carbonyl (C=O) groups excluding carboxylic acids is 2. The highest BCUT2D eigenvalue weighted by atomic mass is 79.9. The molecule has 8 nitrogen and oxygen atoms in total. The van der Waals surface area contributed by atoms with Gasteiger partial charge in [-0.1, -0.05) is 107 Å². The van der Waals surface area contributed by atoms with Crippen LogP contribution in [0.3, 0.4) is 0 Å². The van der Waals surface area contributed by atoms with E-state index < -0.39 is 28.5 Å². The molecule has 1 fully saturated rings. The number of sulfonamides is 1. The molecule has 252 valence electrons. The molecule has 0 aromatic heterocycles. The second-order valence-corrected chi connectivity index (χ2v) is 15.0. The number of nitrogens with one attached hydrogen (secondary N) is 1. The first kappa shape index (κ1) is 35.2. The zero-order valence-electron chi connectivity index (χ0n) is 27.3. The third kappa shape index (κ3) is 8.85. The first-order valence-corrected chi connectivity index (χ1v) is 18.5. The zero-order valence-corrected chi connectivity index (χ0v) is 29.8. The summed E-state index contributed by atoms with van der Waals surface area (Å²) in [6, 6.07) is 29.5. The molecule has 4 aromatic rings. The summed E-state index contributed by atoms with van der Waals surface area (Å²) < 4.78 is 36.2. The van der Waals surface area contributed by atoms with E-state index in [0.717, 1.165) is 57.6 Å². The largest absolute Gasteiger partial charge is 0.495 e. The summed E-state index contributed by atoms with van der Waals surface area (Å²) in [5, 5.41) is 3.24. The summed E-state index contributed by atoms with van der Waals surface area (Å²) in [6.45, 7) is 1.42. The maximum absolute atomic E-state index is 14.8. The number of rotatable bonds is 13. The molecule has 10 heteroatoms. The Morgan fingerprint density at radius 3 is 2.23 bits per heavy atom. The average molecular weight is 733 g/mol. The predicted octanol–water partition coefficient (Wildman–Crippen LogP) is 7.05. The van der Waals surface area contributed by atoms with Crippen molar-refractivity contribution in [2.75, 3.05) is 18.0 Å². The molecule has 1 aliphatic rings. The maximum atomic E-state index is 14.8. The Morgan fingerprint density at radius 1 is 0.875 bits per heavy atom. The van der Waals surface area contributed by atoms with Crippen LogP contribution in [0.25, 0.3) is 0 Å². The van der Waals surface area contributed by atoms with Crippen molar-refractivity contribution in [3.8, 4) is 5.75 Å². The van der Waals surface area contributed by atoms with Crippen molar-refractivity contribution < 1.29 is 22.7 Å². The lowest BCUT2D eigenvalue weighted by Crippen LogP contribution is -2.55. The van der Waals surface area contributed by atoms with Gasteiger partial charge in [-0.3, -0.25) is 13.9 Å². The van der Waals surface area contributed by atoms with Crippen molar-refractivity contribution in [3.63, 3.8) is 0 Å². The van der Waals surface area contributed by atoms with Gasteiger partial charge in [-0.25, -0.2) is 8.42 Å². The van der Waals surface area contributed by atoms with Gasteiger partial charge in [0.1, 0.15) is 18.3 Å². The smallest absolute Gasteiger partial charge is 0.264 e. The molecule has 4 aromatic carbocycles. The van der Waals surface area contributed by atoms with Gasteiger partial charge in [0.25, 0.3) is 10.0 Å². The van der Waals surface area contributed by atoms with E-state index in [2.05, 4.69) is 21.2 Å². The van der Waals surface area contributed by atoms with E-state index in [-0.39, 0.29) is 35.5 Å². The van der Waals surface area contributed by atoms with Crippen LogP contribution in [0.5, 0.6) is 5.75 Å². The highest BCUT2D eigenvalue weighted by Gasteiger charge is 2.36. The number of hydrogen-bond acceptors (Lipinski definition) is 5. The van der Waals surface area contributed by atoms with E-state index in [0.29, 0.717) is 5.75 Å². The summed E-state index contributed by atoms with van der Waals surface area (Å²) in [7, 11) is -2.78. The molecule has 0 bridgehead atoms. The molecule has 5 rings (SSSR count). The van der Waals surface area contributed by atoms with E-state index in [4.69, 9.17) is 4.74 Å². The summed E-state index contributed by atoms with van der Waals surface area (Å²) in [5.74, 6) is -0.467. The average Bonchev–Trinajstić information content (AvgIpc) is 3.09. The van der Waals surface area contributed by atoms with Crippen LogP contribution in [-0.4, -0.2) is 50.9 Å². The number of benzene rings is 4. The number of carbonyl (C=O) groups is 2. The molecule has 0 heterocycles. The number of methoxy groups -OCH3 is 1. The standard InChI is InChI=1S/C38H42BrN3O5S/c1-28-20-22-33(23-21-28)48(45,46)42(34-18-9-10-19-36(34)47-2)27-37(43)41(26-30-14-11-15-31(39)24-30)35(25-29-12-5-3-6-13-29)38(44)40-32-16-7-4-8-17-32/h3,5-6,9-15,18-24,32,35H,4,7-8,16-17,25-27H2,1-2H3,(H,40,44)/t35-/m1/s1. The van der Waals surface area contributed by atoms with Gasteiger partial charge < -0.3 is 15.0 Å². The highest BCUT2D eigenvalue weighted by molar-refractivity contribution is 9.10. The number of halogens is 1. The first-order valence-electron chi connectivity index (χ1n) is 16.3. The minimum atomic E-state index is -4.24. The minimum absolute atomic E-state index is 0.0272. The second-order valence-electron chi connectivity index (χ2n) is 12.2. The number of nitrogens with zero attached hydrogens (tertiary/aromatic N) is 2. The van der Waals surface area contributed by atoms with Gasteiger partial charge in [-0.05, 0) is 67.3 Å². The molecular formula is C38H42BrN3O5S. The van der Waals surface area contributed by atoms with Crippen LogP contribution in [0.2, 0.25) is 0 Å². The first-order chi connectivity index (χ1) is 23.2. The number of hydrogen-bond donors (Lipinski definition) is 1. The topological polar surface area (TPSA) is 96.0 Å². The van der Waals surface area contributed by atoms with Crippen molar-refractivity contribution in [2.45, 2.75) is 69.0 Å². The Kier molecular flexibility index (Phi) is 11.9. The fourth-order valence-electron chi connectivity index (χ4n) is 6.12. The molecule has 0 unspecified atom stereocenters. The molecule has 1 aliphatic carbocycles. The number of anilines is 1. The van der Waals surface area contributed by atoms with Gasteiger partial charge >= 0.3 is 0 Å². The number of aryl methyl sites for hydroxylation is 1. The van der Waals surface area contributed by atoms with Crippen molar-refractivity contribution in [2.24, 2.45) is 0 Å². The molecule has 1 N–H and O–H groups in total. The van der Waals surface area contributed by atoms with Gasteiger partial charge in [0.2, 0.25) is 11.8 Å². The van der Waals surface area contributed by atoms with Crippen LogP contribution >= 0.6 is 15.9 Å². The number of para-hydroxylation sites is 2. The van der Waals surface area contributed by atoms with Crippen LogP contribution in [0.4, 0.5) is 5.69 Å². The third-order valence-corrected chi connectivity index (χ3v) is 11.0. The Labute approximate surface area is 292 Å². The second kappa shape index (κ2) is 16.3. The molecule has 48 heavy (non-hydrogen) atoms. The van der Waals surface area contributed by atoms with E-state index >= 15 is 0 Å². The summed E-state index contributed by atoms with van der Waals surface area (Å²) in [6.07, 6.45) is 5.26. The molecule has 1 saturated carbocycles. The molecule has 0 spiro atoms. The van der Waals surface area contributed by atoms with Gasteiger partial charge in [0, 0.05) is 23.5 Å². The lowest BCUT2D eigenvalue weighted by Gasteiger charge is -2.35. The Hall–Kier alpha value is -4.15. The maximum Gasteiger partial charge on any atom is 0.264 e. The molecular weight excluding hydrogens is 690 g/mol. The van der Waals surface area contributed by atoms with Gasteiger partial charge in [-0.2, -0.15) is 0 Å². The predicted molar refractivity (Wildman–Crippen MR) is 192 cm³/mol. The molecule has 0 aliphatic heterocycles. The fourth-order valence-corrected chi connectivity index (χ4v) is 7.99. The monoisotopic (exact) mass is 731 g/mol. The summed E-state index contributed by atoms with van der Waals surface area (Å²) in [5.41, 5.74) is 2.82. The lowest BCUT2D eigenvalue weighted by molar-refractivity contribution is -0.140. The zero-order chi connectivity index (χ0) is 34.1. The Balaban J connectivity index is 1.58. The highest BCUT2D eigenvalue weighted by Crippen LogP contribution is 2.33. The Bertz CT molecular complexity index is 1790. The van der Waals surface area contributed by atoms with E-state index in [9.17, 15) is 18.0 Å².